The fourth-order valence-electron chi connectivity index (χ4n) is 3.17. The Morgan fingerprint density at radius 2 is 2.11 bits per heavy atom. The van der Waals surface area contributed by atoms with Crippen molar-refractivity contribution in [3.8, 4) is 0 Å². The number of fused-ring (bicyclic) bond motifs is 1. The topological polar surface area (TPSA) is 79.4 Å². The van der Waals surface area contributed by atoms with E-state index in [2.05, 4.69) is 10.3 Å². The molecule has 3 heterocycles. The molecule has 10 heteroatoms. The highest BCUT2D eigenvalue weighted by atomic mass is 35.5. The molecule has 1 aromatic carbocycles. The van der Waals surface area contributed by atoms with Crippen molar-refractivity contribution in [1.29, 1.82) is 0 Å². The number of aromatic nitrogens is 1. The maximum atomic E-state index is 12.9. The van der Waals surface area contributed by atoms with Gasteiger partial charge in [-0.1, -0.05) is 35.1 Å². The van der Waals surface area contributed by atoms with Crippen LogP contribution in [-0.2, 0) is 14.8 Å². The summed E-state index contributed by atoms with van der Waals surface area (Å²) in [6.45, 7) is 2.28. The Morgan fingerprint density at radius 3 is 2.81 bits per heavy atom. The van der Waals surface area contributed by atoms with Crippen LogP contribution in [0.4, 0.5) is 5.13 Å². The van der Waals surface area contributed by atoms with Crippen molar-refractivity contribution in [3.63, 3.8) is 0 Å². The molecule has 1 aliphatic rings. The predicted molar refractivity (Wildman–Crippen MR) is 109 cm³/mol. The number of anilines is 1. The van der Waals surface area contributed by atoms with Crippen molar-refractivity contribution < 1.29 is 13.2 Å². The Balaban J connectivity index is 1.58. The molecule has 0 saturated carbocycles. The van der Waals surface area contributed by atoms with Gasteiger partial charge in [0.1, 0.15) is 10.3 Å². The Kier molecular flexibility index (Phi) is 4.98. The number of halogens is 1. The molecule has 142 valence electrons. The molecule has 4 rings (SSSR count). The lowest BCUT2D eigenvalue weighted by molar-refractivity contribution is -0.119. The lowest BCUT2D eigenvalue weighted by atomic mass is 10.2. The van der Waals surface area contributed by atoms with E-state index in [0.29, 0.717) is 28.9 Å². The standard InChI is InChI=1S/C17H16ClN3O3S3/c1-10-4-2-6-12-15(10)19-17(25-12)20-16(22)11-5-3-9-21(11)27(23,24)14-8-7-13(18)26-14/h2,4,6-8,11H,3,5,9H2,1H3,(H,19,20,22). The second-order valence-electron chi connectivity index (χ2n) is 6.26. The molecular formula is C17H16ClN3O3S3. The molecular weight excluding hydrogens is 426 g/mol. The molecule has 1 atom stereocenters. The van der Waals surface area contributed by atoms with Crippen LogP contribution >= 0.6 is 34.3 Å². The van der Waals surface area contributed by atoms with Crippen LogP contribution in [0.25, 0.3) is 10.2 Å². The first kappa shape index (κ1) is 18.8. The number of thiazole rings is 1. The summed E-state index contributed by atoms with van der Waals surface area (Å²) in [5.41, 5.74) is 1.88. The van der Waals surface area contributed by atoms with E-state index in [1.807, 2.05) is 25.1 Å². The number of aryl methyl sites for hydroxylation is 1. The van der Waals surface area contributed by atoms with Crippen LogP contribution in [0.3, 0.4) is 0 Å². The number of carbonyl (C=O) groups excluding carboxylic acids is 1. The first-order valence-electron chi connectivity index (χ1n) is 8.30. The Hall–Kier alpha value is -1.52. The lowest BCUT2D eigenvalue weighted by Gasteiger charge is -2.22. The summed E-state index contributed by atoms with van der Waals surface area (Å²) in [5.74, 6) is -0.351. The Labute approximate surface area is 169 Å². The number of nitrogens with one attached hydrogen (secondary N) is 1. The van der Waals surface area contributed by atoms with E-state index in [0.717, 1.165) is 27.1 Å². The van der Waals surface area contributed by atoms with Crippen LogP contribution in [0.1, 0.15) is 18.4 Å². The van der Waals surface area contributed by atoms with Crippen LogP contribution in [-0.4, -0.2) is 36.2 Å². The molecule has 0 radical (unpaired) electrons. The van der Waals surface area contributed by atoms with Gasteiger partial charge in [0.2, 0.25) is 5.91 Å². The van der Waals surface area contributed by atoms with Crippen molar-refractivity contribution in [3.05, 3.63) is 40.2 Å². The number of benzene rings is 1. The number of sulfonamides is 1. The number of hydrogen-bond acceptors (Lipinski definition) is 6. The first-order valence-corrected chi connectivity index (χ1v) is 11.8. The van der Waals surface area contributed by atoms with Gasteiger partial charge in [-0.05, 0) is 43.5 Å². The maximum absolute atomic E-state index is 12.9. The zero-order chi connectivity index (χ0) is 19.2. The molecule has 1 fully saturated rings. The van der Waals surface area contributed by atoms with Gasteiger partial charge in [-0.3, -0.25) is 4.79 Å². The predicted octanol–water partition coefficient (Wildman–Crippen LogP) is 4.11. The van der Waals surface area contributed by atoms with Gasteiger partial charge in [0.25, 0.3) is 10.0 Å². The number of amides is 1. The second-order valence-corrected chi connectivity index (χ2v) is 11.1. The number of nitrogens with zero attached hydrogens (tertiary/aromatic N) is 2. The molecule has 1 N–H and O–H groups in total. The second kappa shape index (κ2) is 7.14. The zero-order valence-electron chi connectivity index (χ0n) is 14.3. The molecule has 3 aromatic rings. The van der Waals surface area contributed by atoms with Crippen molar-refractivity contribution in [2.75, 3.05) is 11.9 Å². The number of hydrogen-bond donors (Lipinski definition) is 1. The van der Waals surface area contributed by atoms with Gasteiger partial charge in [0, 0.05) is 6.54 Å². The van der Waals surface area contributed by atoms with E-state index in [4.69, 9.17) is 11.6 Å². The van der Waals surface area contributed by atoms with Gasteiger partial charge in [0.05, 0.1) is 14.6 Å². The van der Waals surface area contributed by atoms with E-state index in [9.17, 15) is 13.2 Å². The smallest absolute Gasteiger partial charge is 0.253 e. The van der Waals surface area contributed by atoms with Gasteiger partial charge < -0.3 is 5.32 Å². The summed E-state index contributed by atoms with van der Waals surface area (Å²) in [4.78, 5) is 17.3. The van der Waals surface area contributed by atoms with E-state index >= 15 is 0 Å². The average Bonchev–Trinajstić information content (AvgIpc) is 3.33. The molecule has 0 spiro atoms. The SMILES string of the molecule is Cc1cccc2sc(NC(=O)C3CCCN3S(=O)(=O)c3ccc(Cl)s3)nc12. The summed E-state index contributed by atoms with van der Waals surface area (Å²) in [6, 6.07) is 8.13. The normalized spacial score (nSPS) is 18.2. The van der Waals surface area contributed by atoms with Gasteiger partial charge in [-0.15, -0.1) is 11.3 Å². The Bertz CT molecular complexity index is 1120. The molecule has 1 saturated heterocycles. The largest absolute Gasteiger partial charge is 0.301 e. The molecule has 1 aliphatic heterocycles. The van der Waals surface area contributed by atoms with Crippen molar-refractivity contribution in [1.82, 2.24) is 9.29 Å². The molecule has 2 aromatic heterocycles. The fourth-order valence-corrected chi connectivity index (χ4v) is 7.39. The monoisotopic (exact) mass is 441 g/mol. The van der Waals surface area contributed by atoms with Crippen LogP contribution in [0.2, 0.25) is 4.34 Å². The van der Waals surface area contributed by atoms with Crippen LogP contribution in [0.5, 0.6) is 0 Å². The van der Waals surface area contributed by atoms with Crippen LogP contribution < -0.4 is 5.32 Å². The highest BCUT2D eigenvalue weighted by molar-refractivity contribution is 7.91. The van der Waals surface area contributed by atoms with Gasteiger partial charge in [0.15, 0.2) is 5.13 Å². The molecule has 1 unspecified atom stereocenters. The Morgan fingerprint density at radius 1 is 1.30 bits per heavy atom. The summed E-state index contributed by atoms with van der Waals surface area (Å²) < 4.78 is 28.6. The van der Waals surface area contributed by atoms with Crippen LogP contribution in [0, 0.1) is 6.92 Å². The minimum atomic E-state index is -3.75. The summed E-state index contributed by atoms with van der Waals surface area (Å²) in [7, 11) is -3.75. The minimum absolute atomic E-state index is 0.155. The highest BCUT2D eigenvalue weighted by Gasteiger charge is 2.40. The molecule has 0 aliphatic carbocycles. The van der Waals surface area contributed by atoms with E-state index < -0.39 is 16.1 Å². The fraction of sp³-hybridized carbons (Fsp3) is 0.294. The maximum Gasteiger partial charge on any atom is 0.253 e. The number of carbonyl (C=O) groups is 1. The van der Waals surface area contributed by atoms with E-state index in [1.54, 1.807) is 6.07 Å². The van der Waals surface area contributed by atoms with Gasteiger partial charge in [-0.2, -0.15) is 4.31 Å². The van der Waals surface area contributed by atoms with Crippen molar-refractivity contribution in [2.45, 2.75) is 30.0 Å². The third-order valence-electron chi connectivity index (χ3n) is 4.47. The quantitative estimate of drug-likeness (QED) is 0.660. The van der Waals surface area contributed by atoms with Crippen molar-refractivity contribution in [2.24, 2.45) is 0 Å². The summed E-state index contributed by atoms with van der Waals surface area (Å²) >= 11 is 8.26. The summed E-state index contributed by atoms with van der Waals surface area (Å²) in [6.07, 6.45) is 1.11. The molecule has 0 bridgehead atoms. The molecule has 1 amide bonds. The summed E-state index contributed by atoms with van der Waals surface area (Å²) in [5, 5.41) is 3.28. The lowest BCUT2D eigenvalue weighted by Crippen LogP contribution is -2.42. The van der Waals surface area contributed by atoms with E-state index in [1.165, 1.54) is 21.7 Å². The number of rotatable bonds is 4. The third kappa shape index (κ3) is 3.50. The minimum Gasteiger partial charge on any atom is -0.301 e. The number of thiophene rings is 1. The first-order chi connectivity index (χ1) is 12.9. The van der Waals surface area contributed by atoms with E-state index in [-0.39, 0.29) is 10.1 Å². The third-order valence-corrected chi connectivity index (χ3v) is 9.01. The zero-order valence-corrected chi connectivity index (χ0v) is 17.5. The average molecular weight is 442 g/mol. The van der Waals surface area contributed by atoms with Gasteiger partial charge in [-0.25, -0.2) is 13.4 Å². The number of para-hydroxylation sites is 1. The van der Waals surface area contributed by atoms with Gasteiger partial charge >= 0.3 is 0 Å². The molecule has 27 heavy (non-hydrogen) atoms. The molecule has 6 nitrogen and oxygen atoms in total. The highest BCUT2D eigenvalue weighted by Crippen LogP contribution is 2.33. The van der Waals surface area contributed by atoms with Crippen molar-refractivity contribution >= 4 is 65.6 Å². The van der Waals surface area contributed by atoms with Crippen LogP contribution in [0.15, 0.2) is 34.5 Å².